The Kier molecular flexibility index (Phi) is 5.71. The minimum atomic E-state index is -0.349. The summed E-state index contributed by atoms with van der Waals surface area (Å²) in [6.07, 6.45) is 1.88. The minimum absolute atomic E-state index is 0.0263. The Bertz CT molecular complexity index is 472. The van der Waals surface area contributed by atoms with Gasteiger partial charge in [-0.15, -0.1) is 0 Å². The molecule has 114 valence electrons. The SMILES string of the molecule is NCC(=O)NCC(=O)NC(c1ccccc1)C1CCCO1. The van der Waals surface area contributed by atoms with Gasteiger partial charge in [0.1, 0.15) is 0 Å². The quantitative estimate of drug-likeness (QED) is 0.693. The molecule has 1 aliphatic heterocycles. The summed E-state index contributed by atoms with van der Waals surface area (Å²) in [6, 6.07) is 9.52. The monoisotopic (exact) mass is 291 g/mol. The van der Waals surface area contributed by atoms with E-state index in [2.05, 4.69) is 10.6 Å². The van der Waals surface area contributed by atoms with Crippen LogP contribution in [0.4, 0.5) is 0 Å². The van der Waals surface area contributed by atoms with Crippen LogP contribution in [0.5, 0.6) is 0 Å². The summed E-state index contributed by atoms with van der Waals surface area (Å²) in [5.41, 5.74) is 6.19. The van der Waals surface area contributed by atoms with Crippen molar-refractivity contribution < 1.29 is 14.3 Å². The molecule has 1 aromatic carbocycles. The standard InChI is InChI=1S/C15H21N3O3/c16-9-13(19)17-10-14(20)18-15(12-7-4-8-21-12)11-5-2-1-3-6-11/h1-3,5-6,12,15H,4,7-10,16H2,(H,17,19)(H,18,20). The second-order valence-electron chi connectivity index (χ2n) is 4.99. The third-order valence-electron chi connectivity index (χ3n) is 3.44. The van der Waals surface area contributed by atoms with Crippen LogP contribution in [0, 0.1) is 0 Å². The average molecular weight is 291 g/mol. The smallest absolute Gasteiger partial charge is 0.239 e. The molecule has 1 heterocycles. The Hall–Kier alpha value is -1.92. The number of benzene rings is 1. The first-order valence-electron chi connectivity index (χ1n) is 7.13. The van der Waals surface area contributed by atoms with Crippen molar-refractivity contribution in [3.63, 3.8) is 0 Å². The van der Waals surface area contributed by atoms with Crippen molar-refractivity contribution in [3.8, 4) is 0 Å². The van der Waals surface area contributed by atoms with Crippen molar-refractivity contribution >= 4 is 11.8 Å². The van der Waals surface area contributed by atoms with Crippen molar-refractivity contribution in [2.45, 2.75) is 25.0 Å². The van der Waals surface area contributed by atoms with Gasteiger partial charge in [-0.1, -0.05) is 30.3 Å². The van der Waals surface area contributed by atoms with Crippen LogP contribution in [0.2, 0.25) is 0 Å². The molecule has 0 radical (unpaired) electrons. The summed E-state index contributed by atoms with van der Waals surface area (Å²) in [5, 5.41) is 5.40. The third-order valence-corrected chi connectivity index (χ3v) is 3.44. The van der Waals surface area contributed by atoms with Gasteiger partial charge in [-0.2, -0.15) is 0 Å². The Morgan fingerprint density at radius 2 is 2.05 bits per heavy atom. The van der Waals surface area contributed by atoms with Crippen molar-refractivity contribution in [2.24, 2.45) is 5.73 Å². The maximum atomic E-state index is 12.0. The molecule has 2 amide bonds. The van der Waals surface area contributed by atoms with Gasteiger partial charge in [0.2, 0.25) is 11.8 Å². The van der Waals surface area contributed by atoms with Gasteiger partial charge >= 0.3 is 0 Å². The molecule has 2 rings (SSSR count). The van der Waals surface area contributed by atoms with E-state index in [4.69, 9.17) is 10.5 Å². The van der Waals surface area contributed by atoms with E-state index in [9.17, 15) is 9.59 Å². The fourth-order valence-electron chi connectivity index (χ4n) is 2.39. The van der Waals surface area contributed by atoms with E-state index in [1.54, 1.807) is 0 Å². The summed E-state index contributed by atoms with van der Waals surface area (Å²) in [5.74, 6) is -0.598. The van der Waals surface area contributed by atoms with Gasteiger partial charge < -0.3 is 21.1 Å². The summed E-state index contributed by atoms with van der Waals surface area (Å²) in [4.78, 5) is 23.1. The maximum absolute atomic E-state index is 12.0. The van der Waals surface area contributed by atoms with Crippen molar-refractivity contribution in [1.82, 2.24) is 10.6 Å². The van der Waals surface area contributed by atoms with Gasteiger partial charge in [-0.05, 0) is 18.4 Å². The number of amides is 2. The Morgan fingerprint density at radius 1 is 1.29 bits per heavy atom. The van der Waals surface area contributed by atoms with Crippen molar-refractivity contribution in [1.29, 1.82) is 0 Å². The van der Waals surface area contributed by atoms with Crippen LogP contribution in [0.1, 0.15) is 24.4 Å². The number of nitrogens with two attached hydrogens (primary N) is 1. The van der Waals surface area contributed by atoms with E-state index < -0.39 is 0 Å². The lowest BCUT2D eigenvalue weighted by Crippen LogP contribution is -2.43. The summed E-state index contributed by atoms with van der Waals surface area (Å²) in [6.45, 7) is 0.515. The van der Waals surface area contributed by atoms with Crippen molar-refractivity contribution in [2.75, 3.05) is 19.7 Å². The van der Waals surface area contributed by atoms with E-state index in [1.165, 1.54) is 0 Å². The predicted molar refractivity (Wildman–Crippen MR) is 78.4 cm³/mol. The third kappa shape index (κ3) is 4.54. The first-order chi connectivity index (χ1) is 10.2. The van der Waals surface area contributed by atoms with Crippen LogP contribution in [-0.4, -0.2) is 37.6 Å². The number of carbonyl (C=O) groups is 2. The molecule has 0 spiro atoms. The molecule has 6 heteroatoms. The molecule has 0 aliphatic carbocycles. The molecule has 2 unspecified atom stereocenters. The normalized spacial score (nSPS) is 19.0. The molecule has 6 nitrogen and oxygen atoms in total. The van der Waals surface area contributed by atoms with Crippen molar-refractivity contribution in [3.05, 3.63) is 35.9 Å². The van der Waals surface area contributed by atoms with Gasteiger partial charge in [-0.25, -0.2) is 0 Å². The molecule has 0 aromatic heterocycles. The van der Waals surface area contributed by atoms with Crippen LogP contribution >= 0.6 is 0 Å². The van der Waals surface area contributed by atoms with Gasteiger partial charge in [0.25, 0.3) is 0 Å². The van der Waals surface area contributed by atoms with E-state index in [-0.39, 0.29) is 37.0 Å². The molecule has 0 bridgehead atoms. The largest absolute Gasteiger partial charge is 0.376 e. The minimum Gasteiger partial charge on any atom is -0.376 e. The second kappa shape index (κ2) is 7.75. The van der Waals surface area contributed by atoms with Gasteiger partial charge in [0.05, 0.1) is 25.2 Å². The van der Waals surface area contributed by atoms with E-state index >= 15 is 0 Å². The first kappa shape index (κ1) is 15.5. The Balaban J connectivity index is 1.99. The number of hydrogen-bond acceptors (Lipinski definition) is 4. The van der Waals surface area contributed by atoms with Crippen LogP contribution in [0.3, 0.4) is 0 Å². The number of rotatable bonds is 6. The molecule has 4 N–H and O–H groups in total. The second-order valence-corrected chi connectivity index (χ2v) is 4.99. The van der Waals surface area contributed by atoms with Gasteiger partial charge in [-0.3, -0.25) is 9.59 Å². The number of hydrogen-bond donors (Lipinski definition) is 3. The lowest BCUT2D eigenvalue weighted by Gasteiger charge is -2.24. The molecule has 1 fully saturated rings. The maximum Gasteiger partial charge on any atom is 0.239 e. The average Bonchev–Trinajstić information content (AvgIpc) is 3.05. The molecular weight excluding hydrogens is 270 g/mol. The first-order valence-corrected chi connectivity index (χ1v) is 7.13. The summed E-state index contributed by atoms with van der Waals surface area (Å²) in [7, 11) is 0. The molecule has 1 aromatic rings. The summed E-state index contributed by atoms with van der Waals surface area (Å²) >= 11 is 0. The van der Waals surface area contributed by atoms with E-state index in [1.807, 2.05) is 30.3 Å². The highest BCUT2D eigenvalue weighted by molar-refractivity contribution is 5.85. The highest BCUT2D eigenvalue weighted by atomic mass is 16.5. The predicted octanol–water partition coefficient (Wildman–Crippen LogP) is 0.0978. The fraction of sp³-hybridized carbons (Fsp3) is 0.467. The fourth-order valence-corrected chi connectivity index (χ4v) is 2.39. The molecule has 1 saturated heterocycles. The molecular formula is C15H21N3O3. The lowest BCUT2D eigenvalue weighted by atomic mass is 9.99. The zero-order chi connectivity index (χ0) is 15.1. The Labute approximate surface area is 124 Å². The zero-order valence-corrected chi connectivity index (χ0v) is 11.9. The molecule has 1 aliphatic rings. The van der Waals surface area contributed by atoms with Gasteiger partial charge in [0, 0.05) is 6.61 Å². The van der Waals surface area contributed by atoms with Crippen LogP contribution in [-0.2, 0) is 14.3 Å². The zero-order valence-electron chi connectivity index (χ0n) is 11.9. The van der Waals surface area contributed by atoms with E-state index in [0.29, 0.717) is 6.61 Å². The number of nitrogens with one attached hydrogen (secondary N) is 2. The van der Waals surface area contributed by atoms with Crippen LogP contribution in [0.15, 0.2) is 30.3 Å². The number of carbonyl (C=O) groups excluding carboxylic acids is 2. The Morgan fingerprint density at radius 3 is 2.67 bits per heavy atom. The van der Waals surface area contributed by atoms with Crippen LogP contribution in [0.25, 0.3) is 0 Å². The molecule has 0 saturated carbocycles. The topological polar surface area (TPSA) is 93.5 Å². The summed E-state index contributed by atoms with van der Waals surface area (Å²) < 4.78 is 5.70. The van der Waals surface area contributed by atoms with Crippen LogP contribution < -0.4 is 16.4 Å². The highest BCUT2D eigenvalue weighted by Gasteiger charge is 2.28. The number of ether oxygens (including phenoxy) is 1. The lowest BCUT2D eigenvalue weighted by molar-refractivity contribution is -0.126. The van der Waals surface area contributed by atoms with Gasteiger partial charge in [0.15, 0.2) is 0 Å². The highest BCUT2D eigenvalue weighted by Crippen LogP contribution is 2.26. The van der Waals surface area contributed by atoms with E-state index in [0.717, 1.165) is 18.4 Å². The molecule has 2 atom stereocenters. The molecule has 21 heavy (non-hydrogen) atoms.